The van der Waals surface area contributed by atoms with Crippen LogP contribution < -0.4 is 11.1 Å². The van der Waals surface area contributed by atoms with E-state index in [0.29, 0.717) is 6.04 Å². The van der Waals surface area contributed by atoms with Gasteiger partial charge >= 0.3 is 0 Å². The lowest BCUT2D eigenvalue weighted by Gasteiger charge is -2.41. The fourth-order valence-corrected chi connectivity index (χ4v) is 2.98. The van der Waals surface area contributed by atoms with Gasteiger partial charge in [-0.1, -0.05) is 44.2 Å². The monoisotopic (exact) mass is 252 g/mol. The molecule has 0 fully saturated rings. The summed E-state index contributed by atoms with van der Waals surface area (Å²) in [6.45, 7) is 4.63. The van der Waals surface area contributed by atoms with Crippen molar-refractivity contribution in [3.8, 4) is 0 Å². The Morgan fingerprint density at radius 1 is 1.05 bits per heavy atom. The van der Waals surface area contributed by atoms with E-state index in [1.54, 1.807) is 0 Å². The molecule has 0 amide bonds. The minimum atomic E-state index is 0.185. The Morgan fingerprint density at radius 3 is 2.47 bits per heavy atom. The summed E-state index contributed by atoms with van der Waals surface area (Å²) in [4.78, 5) is 0. The molecule has 1 aliphatic rings. The molecule has 0 aromatic heterocycles. The number of benzene rings is 2. The standard InChI is InChI=1S/C17H20N2/c1-17(2)11-13-5-3-4-6-15(13)19-16(17)12-7-9-14(18)10-8-12/h3-10,16,19H,11,18H2,1-2H3. The van der Waals surface area contributed by atoms with Crippen molar-refractivity contribution < 1.29 is 0 Å². The second-order valence-electron chi connectivity index (χ2n) is 6.07. The maximum Gasteiger partial charge on any atom is 0.0568 e. The smallest absolute Gasteiger partial charge is 0.0568 e. The van der Waals surface area contributed by atoms with Crippen LogP contribution in [0.5, 0.6) is 0 Å². The Hall–Kier alpha value is -1.96. The average Bonchev–Trinajstić information content (AvgIpc) is 2.38. The summed E-state index contributed by atoms with van der Waals surface area (Å²) in [7, 11) is 0. The third-order valence-corrected chi connectivity index (χ3v) is 4.01. The summed E-state index contributed by atoms with van der Waals surface area (Å²) < 4.78 is 0. The highest BCUT2D eigenvalue weighted by Crippen LogP contribution is 2.44. The van der Waals surface area contributed by atoms with E-state index < -0.39 is 0 Å². The predicted octanol–water partition coefficient (Wildman–Crippen LogP) is 4.00. The molecule has 1 aliphatic heterocycles. The minimum absolute atomic E-state index is 0.185. The highest BCUT2D eigenvalue weighted by Gasteiger charge is 2.35. The Bertz CT molecular complexity index is 584. The molecule has 0 radical (unpaired) electrons. The molecule has 0 saturated heterocycles. The molecule has 98 valence electrons. The van der Waals surface area contributed by atoms with E-state index in [9.17, 15) is 0 Å². The van der Waals surface area contributed by atoms with E-state index in [0.717, 1.165) is 12.1 Å². The number of anilines is 2. The van der Waals surface area contributed by atoms with Gasteiger partial charge in [-0.15, -0.1) is 0 Å². The molecule has 2 heteroatoms. The van der Waals surface area contributed by atoms with Crippen molar-refractivity contribution in [2.24, 2.45) is 5.41 Å². The van der Waals surface area contributed by atoms with Crippen molar-refractivity contribution >= 4 is 11.4 Å². The summed E-state index contributed by atoms with van der Waals surface area (Å²) in [6, 6.07) is 17.1. The van der Waals surface area contributed by atoms with Gasteiger partial charge in [0.25, 0.3) is 0 Å². The van der Waals surface area contributed by atoms with Gasteiger partial charge in [-0.25, -0.2) is 0 Å². The maximum absolute atomic E-state index is 5.78. The Balaban J connectivity index is 2.00. The third kappa shape index (κ3) is 2.19. The van der Waals surface area contributed by atoms with E-state index in [1.165, 1.54) is 16.8 Å². The van der Waals surface area contributed by atoms with Gasteiger partial charge in [-0.05, 0) is 41.2 Å². The van der Waals surface area contributed by atoms with Gasteiger partial charge in [0.15, 0.2) is 0 Å². The van der Waals surface area contributed by atoms with Crippen LogP contribution in [0.15, 0.2) is 48.5 Å². The number of fused-ring (bicyclic) bond motifs is 1. The molecular weight excluding hydrogens is 232 g/mol. The zero-order chi connectivity index (χ0) is 13.5. The van der Waals surface area contributed by atoms with E-state index in [4.69, 9.17) is 5.73 Å². The highest BCUT2D eigenvalue weighted by molar-refractivity contribution is 5.56. The van der Waals surface area contributed by atoms with Crippen LogP contribution in [-0.4, -0.2) is 0 Å². The van der Waals surface area contributed by atoms with Crippen LogP contribution >= 0.6 is 0 Å². The number of nitrogen functional groups attached to an aromatic ring is 1. The van der Waals surface area contributed by atoms with E-state index in [1.807, 2.05) is 12.1 Å². The minimum Gasteiger partial charge on any atom is -0.399 e. The quantitative estimate of drug-likeness (QED) is 0.753. The summed E-state index contributed by atoms with van der Waals surface area (Å²) in [6.07, 6.45) is 1.09. The molecule has 1 unspecified atom stereocenters. The lowest BCUT2D eigenvalue weighted by molar-refractivity contribution is 0.295. The first-order chi connectivity index (χ1) is 9.06. The SMILES string of the molecule is CC1(C)Cc2ccccc2NC1c1ccc(N)cc1. The highest BCUT2D eigenvalue weighted by atomic mass is 15.0. The van der Waals surface area contributed by atoms with E-state index in [2.05, 4.69) is 55.6 Å². The Labute approximate surface area is 114 Å². The Kier molecular flexibility index (Phi) is 2.74. The van der Waals surface area contributed by atoms with Crippen LogP contribution in [0, 0.1) is 5.41 Å². The summed E-state index contributed by atoms with van der Waals surface area (Å²) in [5.41, 5.74) is 10.7. The average molecular weight is 252 g/mol. The van der Waals surface area contributed by atoms with Crippen LogP contribution in [-0.2, 0) is 6.42 Å². The largest absolute Gasteiger partial charge is 0.399 e. The molecule has 0 aliphatic carbocycles. The molecule has 3 rings (SSSR count). The lowest BCUT2D eigenvalue weighted by Crippen LogP contribution is -2.34. The van der Waals surface area contributed by atoms with Crippen LogP contribution in [0.3, 0.4) is 0 Å². The van der Waals surface area contributed by atoms with Gasteiger partial charge in [-0.2, -0.15) is 0 Å². The molecule has 1 atom stereocenters. The van der Waals surface area contributed by atoms with Crippen molar-refractivity contribution in [1.29, 1.82) is 0 Å². The first-order valence-electron chi connectivity index (χ1n) is 6.76. The molecule has 3 N–H and O–H groups in total. The van der Waals surface area contributed by atoms with Gasteiger partial charge < -0.3 is 11.1 Å². The molecule has 0 saturated carbocycles. The molecule has 2 aromatic rings. The van der Waals surface area contributed by atoms with Gasteiger partial charge in [0.05, 0.1) is 6.04 Å². The zero-order valence-corrected chi connectivity index (χ0v) is 11.5. The third-order valence-electron chi connectivity index (χ3n) is 4.01. The van der Waals surface area contributed by atoms with Crippen LogP contribution in [0.4, 0.5) is 11.4 Å². The second kappa shape index (κ2) is 4.30. The number of hydrogen-bond acceptors (Lipinski definition) is 2. The summed E-state index contributed by atoms with van der Waals surface area (Å²) >= 11 is 0. The van der Waals surface area contributed by atoms with Crippen LogP contribution in [0.25, 0.3) is 0 Å². The van der Waals surface area contributed by atoms with E-state index in [-0.39, 0.29) is 5.41 Å². The van der Waals surface area contributed by atoms with Crippen molar-refractivity contribution in [1.82, 2.24) is 0 Å². The predicted molar refractivity (Wildman–Crippen MR) is 81.1 cm³/mol. The molecule has 0 spiro atoms. The van der Waals surface area contributed by atoms with Gasteiger partial charge in [-0.3, -0.25) is 0 Å². The van der Waals surface area contributed by atoms with Crippen molar-refractivity contribution in [3.05, 3.63) is 59.7 Å². The number of hydrogen-bond donors (Lipinski definition) is 2. The van der Waals surface area contributed by atoms with Crippen molar-refractivity contribution in [2.75, 3.05) is 11.1 Å². The van der Waals surface area contributed by atoms with Gasteiger partial charge in [0, 0.05) is 11.4 Å². The fourth-order valence-electron chi connectivity index (χ4n) is 2.98. The topological polar surface area (TPSA) is 38.0 Å². The molecule has 19 heavy (non-hydrogen) atoms. The van der Waals surface area contributed by atoms with Crippen LogP contribution in [0.2, 0.25) is 0 Å². The summed E-state index contributed by atoms with van der Waals surface area (Å²) in [5, 5.41) is 3.68. The van der Waals surface area contributed by atoms with Crippen molar-refractivity contribution in [3.63, 3.8) is 0 Å². The summed E-state index contributed by atoms with van der Waals surface area (Å²) in [5.74, 6) is 0. The van der Waals surface area contributed by atoms with Gasteiger partial charge in [0.1, 0.15) is 0 Å². The normalized spacial score (nSPS) is 20.4. The van der Waals surface area contributed by atoms with Crippen molar-refractivity contribution in [2.45, 2.75) is 26.3 Å². The maximum atomic E-state index is 5.78. The van der Waals surface area contributed by atoms with Crippen LogP contribution in [0.1, 0.15) is 31.0 Å². The van der Waals surface area contributed by atoms with Gasteiger partial charge in [0.2, 0.25) is 0 Å². The number of rotatable bonds is 1. The second-order valence-corrected chi connectivity index (χ2v) is 6.07. The lowest BCUT2D eigenvalue weighted by atomic mass is 9.73. The molecule has 2 aromatic carbocycles. The molecule has 0 bridgehead atoms. The zero-order valence-electron chi connectivity index (χ0n) is 11.5. The Morgan fingerprint density at radius 2 is 1.74 bits per heavy atom. The molecule has 2 nitrogen and oxygen atoms in total. The first kappa shape index (κ1) is 12.1. The fraction of sp³-hybridized carbons (Fsp3) is 0.294. The number of nitrogens with one attached hydrogen (secondary N) is 1. The number of para-hydroxylation sites is 1. The number of nitrogens with two attached hydrogens (primary N) is 1. The first-order valence-corrected chi connectivity index (χ1v) is 6.76. The van der Waals surface area contributed by atoms with E-state index >= 15 is 0 Å². The molecular formula is C17H20N2. The molecule has 1 heterocycles.